The van der Waals surface area contributed by atoms with E-state index in [4.69, 9.17) is 16.3 Å². The molecule has 3 N–H and O–H groups in total. The van der Waals surface area contributed by atoms with E-state index in [9.17, 15) is 4.79 Å². The standard InChI is InChI=1S/C23H23ClN2O2/c1-28-21-10-6-5-9-19(21)15-25-22(27)16-26-23(17-7-3-2-4-8-17)18-11-13-20(24)14-12-18/h2-14,23,26H,15-16H2,1H3,(H,25,27)/p+1/t23-/m0/s1. The van der Waals surface area contributed by atoms with Gasteiger partial charge in [-0.2, -0.15) is 0 Å². The topological polar surface area (TPSA) is 54.9 Å². The Bertz CT molecular complexity index is 898. The predicted molar refractivity (Wildman–Crippen MR) is 111 cm³/mol. The van der Waals surface area contributed by atoms with Crippen molar-refractivity contribution in [2.45, 2.75) is 12.6 Å². The molecule has 144 valence electrons. The van der Waals surface area contributed by atoms with Crippen molar-refractivity contribution in [3.8, 4) is 5.75 Å². The van der Waals surface area contributed by atoms with Crippen LogP contribution in [0.3, 0.4) is 0 Å². The third kappa shape index (κ3) is 5.35. The SMILES string of the molecule is COc1ccccc1CNC(=O)C[NH2+][C@@H](c1ccccc1)c1ccc(Cl)cc1. The Morgan fingerprint density at radius 1 is 0.964 bits per heavy atom. The van der Waals surface area contributed by atoms with Crippen LogP contribution in [0, 0.1) is 0 Å². The molecule has 3 aromatic rings. The second-order valence-corrected chi connectivity index (χ2v) is 6.90. The molecule has 0 heterocycles. The fourth-order valence-electron chi connectivity index (χ4n) is 3.13. The first kappa shape index (κ1) is 19.9. The minimum atomic E-state index is -0.0270. The second-order valence-electron chi connectivity index (χ2n) is 6.47. The molecule has 0 radical (unpaired) electrons. The highest BCUT2D eigenvalue weighted by Crippen LogP contribution is 2.20. The first-order valence-corrected chi connectivity index (χ1v) is 9.57. The molecule has 0 unspecified atom stereocenters. The van der Waals surface area contributed by atoms with Gasteiger partial charge >= 0.3 is 0 Å². The molecule has 3 rings (SSSR count). The number of para-hydroxylation sites is 1. The third-order valence-electron chi connectivity index (χ3n) is 4.60. The van der Waals surface area contributed by atoms with Gasteiger partial charge in [-0.3, -0.25) is 4.79 Å². The lowest BCUT2D eigenvalue weighted by Crippen LogP contribution is -2.87. The highest BCUT2D eigenvalue weighted by Gasteiger charge is 2.19. The zero-order chi connectivity index (χ0) is 19.8. The molecule has 0 aliphatic carbocycles. The minimum absolute atomic E-state index is 0.0236. The number of halogens is 1. The van der Waals surface area contributed by atoms with Crippen LogP contribution in [0.25, 0.3) is 0 Å². The van der Waals surface area contributed by atoms with E-state index in [-0.39, 0.29) is 11.9 Å². The summed E-state index contributed by atoms with van der Waals surface area (Å²) in [6.45, 7) is 0.755. The Balaban J connectivity index is 1.64. The summed E-state index contributed by atoms with van der Waals surface area (Å²) >= 11 is 6.03. The lowest BCUT2D eigenvalue weighted by molar-refractivity contribution is -0.676. The molecular formula is C23H24ClN2O2+. The number of nitrogens with two attached hydrogens (primary N) is 1. The average molecular weight is 396 g/mol. The number of amides is 1. The van der Waals surface area contributed by atoms with Gasteiger partial charge in [0.15, 0.2) is 6.54 Å². The van der Waals surface area contributed by atoms with E-state index in [2.05, 4.69) is 17.4 Å². The summed E-state index contributed by atoms with van der Waals surface area (Å²) in [6.07, 6.45) is 0. The summed E-state index contributed by atoms with van der Waals surface area (Å²) in [4.78, 5) is 12.4. The summed E-state index contributed by atoms with van der Waals surface area (Å²) in [5, 5.41) is 5.71. The molecule has 0 saturated carbocycles. The zero-order valence-electron chi connectivity index (χ0n) is 15.8. The first-order chi connectivity index (χ1) is 13.7. The second kappa shape index (κ2) is 9.93. The van der Waals surface area contributed by atoms with E-state index in [1.54, 1.807) is 7.11 Å². The van der Waals surface area contributed by atoms with Crippen molar-refractivity contribution >= 4 is 17.5 Å². The summed E-state index contributed by atoms with van der Waals surface area (Å²) in [6, 6.07) is 25.6. The van der Waals surface area contributed by atoms with Gasteiger partial charge in [-0.05, 0) is 18.2 Å². The summed E-state index contributed by atoms with van der Waals surface area (Å²) < 4.78 is 5.33. The monoisotopic (exact) mass is 395 g/mol. The maximum Gasteiger partial charge on any atom is 0.275 e. The van der Waals surface area contributed by atoms with Crippen LogP contribution in [-0.2, 0) is 11.3 Å². The van der Waals surface area contributed by atoms with E-state index in [0.717, 1.165) is 22.4 Å². The number of nitrogens with one attached hydrogen (secondary N) is 1. The number of carbonyl (C=O) groups is 1. The van der Waals surface area contributed by atoms with Crippen LogP contribution in [0.1, 0.15) is 22.7 Å². The molecule has 0 spiro atoms. The molecule has 0 aliphatic heterocycles. The number of carbonyl (C=O) groups excluding carboxylic acids is 1. The number of quaternary nitrogens is 1. The van der Waals surface area contributed by atoms with E-state index >= 15 is 0 Å². The van der Waals surface area contributed by atoms with Gasteiger partial charge in [-0.1, -0.05) is 72.3 Å². The Labute approximate surface area is 170 Å². The fraction of sp³-hybridized carbons (Fsp3) is 0.174. The lowest BCUT2D eigenvalue weighted by Gasteiger charge is -2.17. The van der Waals surface area contributed by atoms with Crippen molar-refractivity contribution in [2.24, 2.45) is 0 Å². The number of hydrogen-bond donors (Lipinski definition) is 2. The molecule has 0 saturated heterocycles. The van der Waals surface area contributed by atoms with Gasteiger partial charge in [-0.25, -0.2) is 0 Å². The summed E-state index contributed by atoms with van der Waals surface area (Å²) in [5.41, 5.74) is 3.20. The predicted octanol–water partition coefficient (Wildman–Crippen LogP) is 3.32. The number of methoxy groups -OCH3 is 1. The van der Waals surface area contributed by atoms with Crippen molar-refractivity contribution in [3.63, 3.8) is 0 Å². The van der Waals surface area contributed by atoms with Crippen molar-refractivity contribution in [3.05, 3.63) is 101 Å². The van der Waals surface area contributed by atoms with Crippen LogP contribution >= 0.6 is 11.6 Å². The molecule has 0 fully saturated rings. The van der Waals surface area contributed by atoms with Gasteiger partial charge in [0, 0.05) is 28.3 Å². The Morgan fingerprint density at radius 2 is 1.61 bits per heavy atom. The molecule has 1 atom stereocenters. The minimum Gasteiger partial charge on any atom is -0.496 e. The molecule has 0 aromatic heterocycles. The Morgan fingerprint density at radius 3 is 2.32 bits per heavy atom. The molecule has 28 heavy (non-hydrogen) atoms. The maximum absolute atomic E-state index is 12.4. The van der Waals surface area contributed by atoms with Crippen LogP contribution in [0.5, 0.6) is 5.75 Å². The van der Waals surface area contributed by atoms with Crippen LogP contribution in [0.15, 0.2) is 78.9 Å². The molecular weight excluding hydrogens is 372 g/mol. The van der Waals surface area contributed by atoms with Crippen molar-refractivity contribution in [1.29, 1.82) is 0 Å². The molecule has 4 nitrogen and oxygen atoms in total. The smallest absolute Gasteiger partial charge is 0.275 e. The molecule has 5 heteroatoms. The largest absolute Gasteiger partial charge is 0.496 e. The molecule has 1 amide bonds. The van der Waals surface area contributed by atoms with Crippen LogP contribution in [-0.4, -0.2) is 19.6 Å². The van der Waals surface area contributed by atoms with Crippen molar-refractivity contribution in [2.75, 3.05) is 13.7 Å². The molecule has 3 aromatic carbocycles. The van der Waals surface area contributed by atoms with E-state index in [0.29, 0.717) is 18.1 Å². The van der Waals surface area contributed by atoms with E-state index in [1.807, 2.05) is 72.0 Å². The average Bonchev–Trinajstić information content (AvgIpc) is 2.74. The summed E-state index contributed by atoms with van der Waals surface area (Å²) in [7, 11) is 1.63. The van der Waals surface area contributed by atoms with Gasteiger partial charge < -0.3 is 15.4 Å². The van der Waals surface area contributed by atoms with Gasteiger partial charge in [-0.15, -0.1) is 0 Å². The van der Waals surface area contributed by atoms with E-state index < -0.39 is 0 Å². The quantitative estimate of drug-likeness (QED) is 0.614. The Hall–Kier alpha value is -2.82. The van der Waals surface area contributed by atoms with Crippen molar-refractivity contribution in [1.82, 2.24) is 5.32 Å². The number of ether oxygens (including phenoxy) is 1. The van der Waals surface area contributed by atoms with Gasteiger partial charge in [0.2, 0.25) is 0 Å². The Kier molecular flexibility index (Phi) is 7.06. The highest BCUT2D eigenvalue weighted by atomic mass is 35.5. The fourth-order valence-corrected chi connectivity index (χ4v) is 3.26. The molecule has 0 bridgehead atoms. The van der Waals surface area contributed by atoms with Gasteiger partial charge in [0.1, 0.15) is 11.8 Å². The zero-order valence-corrected chi connectivity index (χ0v) is 16.5. The number of rotatable bonds is 8. The van der Waals surface area contributed by atoms with E-state index in [1.165, 1.54) is 0 Å². The highest BCUT2D eigenvalue weighted by molar-refractivity contribution is 6.30. The summed E-state index contributed by atoms with van der Waals surface area (Å²) in [5.74, 6) is 0.746. The normalized spacial score (nSPS) is 11.6. The van der Waals surface area contributed by atoms with Gasteiger partial charge in [0.25, 0.3) is 5.91 Å². The van der Waals surface area contributed by atoms with Gasteiger partial charge in [0.05, 0.1) is 7.11 Å². The maximum atomic E-state index is 12.4. The molecule has 0 aliphatic rings. The number of benzene rings is 3. The lowest BCUT2D eigenvalue weighted by atomic mass is 9.99. The van der Waals surface area contributed by atoms with Crippen molar-refractivity contribution < 1.29 is 14.8 Å². The number of hydrogen-bond acceptors (Lipinski definition) is 2. The van der Waals surface area contributed by atoms with Crippen LogP contribution in [0.2, 0.25) is 5.02 Å². The van der Waals surface area contributed by atoms with Crippen LogP contribution in [0.4, 0.5) is 0 Å². The first-order valence-electron chi connectivity index (χ1n) is 9.19. The van der Waals surface area contributed by atoms with Crippen LogP contribution < -0.4 is 15.4 Å². The third-order valence-corrected chi connectivity index (χ3v) is 4.85.